The average Bonchev–Trinajstić information content (AvgIpc) is 2.49. The van der Waals surface area contributed by atoms with E-state index in [2.05, 4.69) is 5.32 Å². The predicted octanol–water partition coefficient (Wildman–Crippen LogP) is 3.44. The Hall–Kier alpha value is -1.98. The molecule has 0 bridgehead atoms. The molecule has 4 nitrogen and oxygen atoms in total. The number of carbonyl (C=O) groups excluding carboxylic acids is 1. The molecule has 0 saturated heterocycles. The fourth-order valence-corrected chi connectivity index (χ4v) is 2.52. The first-order valence-corrected chi connectivity index (χ1v) is 7.78. The van der Waals surface area contributed by atoms with Crippen LogP contribution in [0.1, 0.15) is 51.5 Å². The lowest BCUT2D eigenvalue weighted by atomic mass is 9.88. The molecule has 0 aliphatic heterocycles. The maximum Gasteiger partial charge on any atom is 0.305 e. The Morgan fingerprint density at radius 2 is 1.83 bits per heavy atom. The summed E-state index contributed by atoms with van der Waals surface area (Å²) in [5, 5.41) is 11.8. The van der Waals surface area contributed by atoms with Gasteiger partial charge in [-0.2, -0.15) is 0 Å². The minimum atomic E-state index is -0.948. The molecule has 0 spiro atoms. The van der Waals surface area contributed by atoms with Gasteiger partial charge in [0.15, 0.2) is 11.6 Å². The maximum atomic E-state index is 13.1. The molecule has 1 aromatic rings. The maximum absolute atomic E-state index is 13.1. The lowest BCUT2D eigenvalue weighted by Crippen LogP contribution is -2.49. The molecular formula is C17H23F2NO3. The largest absolute Gasteiger partial charge is 0.481 e. The highest BCUT2D eigenvalue weighted by atomic mass is 19.2. The van der Waals surface area contributed by atoms with Crippen LogP contribution in [-0.2, 0) is 16.0 Å². The highest BCUT2D eigenvalue weighted by Crippen LogP contribution is 2.20. The van der Waals surface area contributed by atoms with Crippen molar-refractivity contribution in [3.05, 3.63) is 35.4 Å². The number of carboxylic acid groups (broad SMARTS) is 1. The average molecular weight is 327 g/mol. The van der Waals surface area contributed by atoms with Crippen LogP contribution in [0.2, 0.25) is 0 Å². The normalized spacial score (nSPS) is 11.3. The molecule has 0 unspecified atom stereocenters. The molecule has 6 heteroatoms. The second kappa shape index (κ2) is 8.60. The van der Waals surface area contributed by atoms with Crippen molar-refractivity contribution in [2.75, 3.05) is 0 Å². The molecule has 0 atom stereocenters. The zero-order valence-corrected chi connectivity index (χ0v) is 13.5. The van der Waals surface area contributed by atoms with Crippen LogP contribution in [0.3, 0.4) is 0 Å². The summed E-state index contributed by atoms with van der Waals surface area (Å²) in [7, 11) is 0. The number of carbonyl (C=O) groups is 2. The van der Waals surface area contributed by atoms with E-state index in [1.807, 2.05) is 13.8 Å². The molecule has 0 aromatic heterocycles. The molecule has 1 amide bonds. The van der Waals surface area contributed by atoms with Gasteiger partial charge in [-0.3, -0.25) is 9.59 Å². The number of halogens is 2. The van der Waals surface area contributed by atoms with Gasteiger partial charge in [0.1, 0.15) is 0 Å². The Morgan fingerprint density at radius 3 is 2.35 bits per heavy atom. The number of aliphatic carboxylic acids is 1. The molecule has 0 heterocycles. The van der Waals surface area contributed by atoms with Gasteiger partial charge in [0.25, 0.3) is 0 Å². The zero-order valence-electron chi connectivity index (χ0n) is 13.5. The van der Waals surface area contributed by atoms with Crippen LogP contribution >= 0.6 is 0 Å². The Balaban J connectivity index is 2.52. The molecule has 0 fully saturated rings. The molecule has 1 rings (SSSR count). The van der Waals surface area contributed by atoms with Crippen molar-refractivity contribution in [3.63, 3.8) is 0 Å². The topological polar surface area (TPSA) is 66.4 Å². The Kier molecular flexibility index (Phi) is 7.13. The number of amides is 1. The lowest BCUT2D eigenvalue weighted by Gasteiger charge is -2.31. The van der Waals surface area contributed by atoms with Gasteiger partial charge in [0, 0.05) is 12.0 Å². The SMILES string of the molecule is CCC(CC)(CC(=O)O)NC(=O)CCCc1ccc(F)c(F)c1. The van der Waals surface area contributed by atoms with Crippen molar-refractivity contribution in [1.82, 2.24) is 5.32 Å². The van der Waals surface area contributed by atoms with Crippen LogP contribution in [0.4, 0.5) is 8.78 Å². The van der Waals surface area contributed by atoms with Crippen molar-refractivity contribution >= 4 is 11.9 Å². The highest BCUT2D eigenvalue weighted by Gasteiger charge is 2.30. The number of hydrogen-bond acceptors (Lipinski definition) is 2. The number of aryl methyl sites for hydroxylation is 1. The first-order valence-electron chi connectivity index (χ1n) is 7.78. The molecular weight excluding hydrogens is 304 g/mol. The van der Waals surface area contributed by atoms with Gasteiger partial charge in [-0.15, -0.1) is 0 Å². The highest BCUT2D eigenvalue weighted by molar-refractivity contribution is 5.78. The van der Waals surface area contributed by atoms with Gasteiger partial charge in [-0.1, -0.05) is 19.9 Å². The van der Waals surface area contributed by atoms with Crippen LogP contribution in [0.25, 0.3) is 0 Å². The van der Waals surface area contributed by atoms with Gasteiger partial charge in [-0.05, 0) is 43.4 Å². The van der Waals surface area contributed by atoms with Crippen LogP contribution in [-0.4, -0.2) is 22.5 Å². The van der Waals surface area contributed by atoms with Crippen molar-refractivity contribution in [2.45, 2.75) is 57.9 Å². The van der Waals surface area contributed by atoms with Crippen molar-refractivity contribution in [3.8, 4) is 0 Å². The number of carboxylic acids is 1. The van der Waals surface area contributed by atoms with E-state index in [4.69, 9.17) is 5.11 Å². The second-order valence-electron chi connectivity index (χ2n) is 5.71. The van der Waals surface area contributed by atoms with Crippen LogP contribution < -0.4 is 5.32 Å². The van der Waals surface area contributed by atoms with E-state index in [1.54, 1.807) is 0 Å². The first kappa shape index (κ1) is 19.1. The Bertz CT molecular complexity index is 557. The van der Waals surface area contributed by atoms with Gasteiger partial charge in [0.05, 0.1) is 6.42 Å². The van der Waals surface area contributed by atoms with E-state index < -0.39 is 23.1 Å². The lowest BCUT2D eigenvalue weighted by molar-refractivity contribution is -0.139. The minimum absolute atomic E-state index is 0.116. The van der Waals surface area contributed by atoms with Crippen molar-refractivity contribution in [1.29, 1.82) is 0 Å². The Labute approximate surface area is 134 Å². The molecule has 2 N–H and O–H groups in total. The Morgan fingerprint density at radius 1 is 1.17 bits per heavy atom. The van der Waals surface area contributed by atoms with Crippen LogP contribution in [0.5, 0.6) is 0 Å². The molecule has 1 aromatic carbocycles. The number of nitrogens with one attached hydrogen (secondary N) is 1. The number of benzene rings is 1. The van der Waals surface area contributed by atoms with E-state index in [9.17, 15) is 18.4 Å². The summed E-state index contributed by atoms with van der Waals surface area (Å²) < 4.78 is 25.9. The number of hydrogen-bond donors (Lipinski definition) is 2. The van der Waals surface area contributed by atoms with Crippen molar-refractivity contribution in [2.24, 2.45) is 0 Å². The summed E-state index contributed by atoms with van der Waals surface area (Å²) in [6.45, 7) is 3.68. The molecule has 0 radical (unpaired) electrons. The van der Waals surface area contributed by atoms with E-state index >= 15 is 0 Å². The van der Waals surface area contributed by atoms with Gasteiger partial charge in [-0.25, -0.2) is 8.78 Å². The molecule has 128 valence electrons. The molecule has 0 saturated carbocycles. The molecule has 23 heavy (non-hydrogen) atoms. The van der Waals surface area contributed by atoms with Gasteiger partial charge < -0.3 is 10.4 Å². The predicted molar refractivity (Wildman–Crippen MR) is 83.0 cm³/mol. The van der Waals surface area contributed by atoms with Crippen LogP contribution in [0, 0.1) is 11.6 Å². The molecule has 0 aliphatic rings. The third-order valence-corrected chi connectivity index (χ3v) is 4.10. The fourth-order valence-electron chi connectivity index (χ4n) is 2.52. The summed E-state index contributed by atoms with van der Waals surface area (Å²) in [5.74, 6) is -2.96. The molecule has 0 aliphatic carbocycles. The number of rotatable bonds is 9. The minimum Gasteiger partial charge on any atom is -0.481 e. The second-order valence-corrected chi connectivity index (χ2v) is 5.71. The van der Waals surface area contributed by atoms with E-state index in [1.165, 1.54) is 6.07 Å². The quantitative estimate of drug-likeness (QED) is 0.730. The zero-order chi connectivity index (χ0) is 17.5. The van der Waals surface area contributed by atoms with E-state index in [-0.39, 0.29) is 18.7 Å². The summed E-state index contributed by atoms with van der Waals surface area (Å²) in [4.78, 5) is 23.0. The fraction of sp³-hybridized carbons (Fsp3) is 0.529. The summed E-state index contributed by atoms with van der Waals surface area (Å²) in [6, 6.07) is 3.68. The van der Waals surface area contributed by atoms with E-state index in [0.717, 1.165) is 12.1 Å². The van der Waals surface area contributed by atoms with Gasteiger partial charge >= 0.3 is 5.97 Å². The first-order chi connectivity index (χ1) is 10.8. The third-order valence-electron chi connectivity index (χ3n) is 4.10. The van der Waals surface area contributed by atoms with E-state index in [0.29, 0.717) is 31.2 Å². The van der Waals surface area contributed by atoms with Gasteiger partial charge in [0.2, 0.25) is 5.91 Å². The monoisotopic (exact) mass is 327 g/mol. The summed E-state index contributed by atoms with van der Waals surface area (Å²) in [6.07, 6.45) is 2.09. The standard InChI is InChI=1S/C17H23F2NO3/c1-3-17(4-2,11-16(22)23)20-15(21)7-5-6-12-8-9-13(18)14(19)10-12/h8-10H,3-7,11H2,1-2H3,(H,20,21)(H,22,23). The summed E-state index contributed by atoms with van der Waals surface area (Å²) in [5.41, 5.74) is -0.107. The third kappa shape index (κ3) is 5.96. The van der Waals surface area contributed by atoms with Crippen LogP contribution in [0.15, 0.2) is 18.2 Å². The summed E-state index contributed by atoms with van der Waals surface area (Å²) >= 11 is 0. The smallest absolute Gasteiger partial charge is 0.305 e. The van der Waals surface area contributed by atoms with Crippen molar-refractivity contribution < 1.29 is 23.5 Å².